The number of hydrogen-bond donors (Lipinski definition) is 1. The van der Waals surface area contributed by atoms with Crippen molar-refractivity contribution >= 4 is 47.5 Å². The highest BCUT2D eigenvalue weighted by Gasteiger charge is 2.74. The van der Waals surface area contributed by atoms with Crippen molar-refractivity contribution in [2.75, 3.05) is 20.3 Å². The SMILES string of the molecule is COC(=O)C1=CCC23CCC(C(C)(C=CC=C(C)C(=O)OCCCCCCCOc4cccc5c4C(=O)N(C4CCC(=O)NC4=O)C5=O)OC2=O)C3(OC(C)=O)CC1. The maximum Gasteiger partial charge on any atom is 0.333 e. The van der Waals surface area contributed by atoms with Crippen LogP contribution in [0.25, 0.3) is 0 Å². The molecule has 6 rings (SSSR count). The Balaban J connectivity index is 0.939. The number of piperidine rings is 1. The number of nitrogens with one attached hydrogen (secondary N) is 1. The van der Waals surface area contributed by atoms with Gasteiger partial charge in [-0.3, -0.25) is 39.0 Å². The predicted octanol–water partition coefficient (Wildman–Crippen LogP) is 4.76. The maximum absolute atomic E-state index is 13.8. The highest BCUT2D eigenvalue weighted by Crippen LogP contribution is 2.65. The van der Waals surface area contributed by atoms with Gasteiger partial charge in [-0.1, -0.05) is 43.6 Å². The largest absolute Gasteiger partial charge is 0.493 e. The Hall–Kier alpha value is -5.60. The van der Waals surface area contributed by atoms with Crippen LogP contribution in [0.5, 0.6) is 5.75 Å². The van der Waals surface area contributed by atoms with Crippen molar-refractivity contribution in [3.8, 4) is 5.75 Å². The van der Waals surface area contributed by atoms with Gasteiger partial charge < -0.3 is 23.7 Å². The molecule has 310 valence electrons. The molecule has 3 aliphatic heterocycles. The minimum Gasteiger partial charge on any atom is -0.493 e. The number of nitrogens with zero attached hydrogens (tertiary/aromatic N) is 1. The summed E-state index contributed by atoms with van der Waals surface area (Å²) >= 11 is 0. The number of rotatable bonds is 15. The summed E-state index contributed by atoms with van der Waals surface area (Å²) < 4.78 is 28.5. The molecule has 2 saturated heterocycles. The van der Waals surface area contributed by atoms with E-state index >= 15 is 0 Å². The normalized spacial score (nSPS) is 27.9. The number of ether oxygens (including phenoxy) is 5. The number of carbonyl (C=O) groups excluding carboxylic acids is 8. The van der Waals surface area contributed by atoms with Crippen LogP contribution < -0.4 is 10.1 Å². The Bertz CT molecular complexity index is 2000. The number of hydrogen-bond acceptors (Lipinski definition) is 13. The Labute approximate surface area is 336 Å². The summed E-state index contributed by atoms with van der Waals surface area (Å²) in [4.78, 5) is 103. The van der Waals surface area contributed by atoms with Crippen LogP contribution in [0.4, 0.5) is 0 Å². The Morgan fingerprint density at radius 1 is 0.948 bits per heavy atom. The summed E-state index contributed by atoms with van der Waals surface area (Å²) in [5.41, 5.74) is -2.38. The van der Waals surface area contributed by atoms with E-state index in [4.69, 9.17) is 23.7 Å². The number of carbonyl (C=O) groups is 8. The van der Waals surface area contributed by atoms with Crippen molar-refractivity contribution in [3.05, 3.63) is 64.8 Å². The lowest BCUT2D eigenvalue weighted by atomic mass is 9.62. The van der Waals surface area contributed by atoms with Crippen LogP contribution >= 0.6 is 0 Å². The summed E-state index contributed by atoms with van der Waals surface area (Å²) in [7, 11) is 1.30. The van der Waals surface area contributed by atoms with Crippen molar-refractivity contribution in [1.29, 1.82) is 0 Å². The summed E-state index contributed by atoms with van der Waals surface area (Å²) in [6.07, 6.45) is 12.3. The molecule has 3 heterocycles. The van der Waals surface area contributed by atoms with Gasteiger partial charge in [0.15, 0.2) is 0 Å². The number of fused-ring (bicyclic) bond motifs is 1. The van der Waals surface area contributed by atoms with Gasteiger partial charge in [0, 0.05) is 30.4 Å². The first-order valence-electron chi connectivity index (χ1n) is 19.9. The van der Waals surface area contributed by atoms with E-state index < -0.39 is 70.2 Å². The number of unbranched alkanes of at least 4 members (excludes halogenated alkanes) is 4. The van der Waals surface area contributed by atoms with E-state index in [0.29, 0.717) is 43.4 Å². The second kappa shape index (κ2) is 17.1. The van der Waals surface area contributed by atoms with E-state index in [1.165, 1.54) is 20.1 Å². The zero-order valence-corrected chi connectivity index (χ0v) is 33.4. The van der Waals surface area contributed by atoms with Crippen LogP contribution in [0.2, 0.25) is 0 Å². The fourth-order valence-electron chi connectivity index (χ4n) is 9.25. The molecule has 2 aliphatic carbocycles. The van der Waals surface area contributed by atoms with Crippen molar-refractivity contribution < 1.29 is 62.0 Å². The van der Waals surface area contributed by atoms with Gasteiger partial charge >= 0.3 is 23.9 Å². The van der Waals surface area contributed by atoms with E-state index in [1.54, 1.807) is 50.3 Å². The van der Waals surface area contributed by atoms with Gasteiger partial charge in [0.2, 0.25) is 11.8 Å². The molecule has 5 aliphatic rings. The molecule has 5 unspecified atom stereocenters. The van der Waals surface area contributed by atoms with E-state index in [2.05, 4.69) is 5.32 Å². The molecule has 15 nitrogen and oxygen atoms in total. The number of imide groups is 2. The minimum atomic E-state index is -1.18. The number of methoxy groups -OCH3 is 1. The molecule has 1 aromatic rings. The number of amides is 4. The van der Waals surface area contributed by atoms with Gasteiger partial charge in [-0.25, -0.2) is 9.59 Å². The highest BCUT2D eigenvalue weighted by molar-refractivity contribution is 6.24. The van der Waals surface area contributed by atoms with E-state index in [9.17, 15) is 38.4 Å². The fraction of sp³-hybridized carbons (Fsp3) is 0.535. The third kappa shape index (κ3) is 7.82. The van der Waals surface area contributed by atoms with Gasteiger partial charge in [-0.2, -0.15) is 0 Å². The van der Waals surface area contributed by atoms with E-state index in [0.717, 1.165) is 24.2 Å². The van der Waals surface area contributed by atoms with Crippen LogP contribution in [0.3, 0.4) is 0 Å². The summed E-state index contributed by atoms with van der Waals surface area (Å²) in [6, 6.07) is 3.70. The molecule has 0 aromatic heterocycles. The van der Waals surface area contributed by atoms with Crippen molar-refractivity contribution in [1.82, 2.24) is 10.2 Å². The lowest BCUT2D eigenvalue weighted by Crippen LogP contribution is -2.65. The third-order valence-corrected chi connectivity index (χ3v) is 12.2. The zero-order chi connectivity index (χ0) is 41.8. The molecular formula is C43H50N2O13. The molecule has 15 heteroatoms. The minimum absolute atomic E-state index is 0.0389. The number of esters is 4. The summed E-state index contributed by atoms with van der Waals surface area (Å²) in [5, 5.41) is 2.19. The van der Waals surface area contributed by atoms with Crippen LogP contribution in [0.15, 0.2) is 53.6 Å². The van der Waals surface area contributed by atoms with Crippen molar-refractivity contribution in [2.45, 2.75) is 115 Å². The Morgan fingerprint density at radius 3 is 2.41 bits per heavy atom. The molecule has 0 radical (unpaired) electrons. The van der Waals surface area contributed by atoms with Gasteiger partial charge in [0.25, 0.3) is 11.8 Å². The molecule has 3 fully saturated rings. The van der Waals surface area contributed by atoms with Gasteiger partial charge in [-0.05, 0) is 83.4 Å². The van der Waals surface area contributed by atoms with E-state index in [1.807, 2.05) is 0 Å². The standard InChI is InChI=1S/C43H50N2O13/c1-26(12-11-20-41(3)32-19-22-42(40(53)58-41)21-17-28(39(52)54-4)18-23-43(32,42)57-27(2)46)38(51)56-25-9-7-5-6-8-24-55-31-14-10-13-29-34(31)37(50)45(36(29)49)30-15-16-33(47)44-35(30)48/h10-14,17,20,30,32H,5-9,15-16,18-19,21-25H2,1-4H3,(H,44,47,48). The molecule has 5 atom stereocenters. The molecule has 1 N–H and O–H groups in total. The second-order valence-electron chi connectivity index (χ2n) is 15.7. The Morgan fingerprint density at radius 2 is 1.69 bits per heavy atom. The fourth-order valence-corrected chi connectivity index (χ4v) is 9.25. The van der Waals surface area contributed by atoms with Crippen LogP contribution in [0.1, 0.15) is 119 Å². The predicted molar refractivity (Wildman–Crippen MR) is 204 cm³/mol. The monoisotopic (exact) mass is 802 g/mol. The second-order valence-corrected chi connectivity index (χ2v) is 15.7. The topological polar surface area (TPSA) is 198 Å². The van der Waals surface area contributed by atoms with Crippen LogP contribution in [0, 0.1) is 11.3 Å². The van der Waals surface area contributed by atoms with Gasteiger partial charge in [-0.15, -0.1) is 0 Å². The average Bonchev–Trinajstić information content (AvgIpc) is 3.52. The average molecular weight is 803 g/mol. The molecule has 0 spiro atoms. The first-order chi connectivity index (χ1) is 27.7. The number of allylic oxidation sites excluding steroid dienone is 3. The Kier molecular flexibility index (Phi) is 12.4. The smallest absolute Gasteiger partial charge is 0.333 e. The van der Waals surface area contributed by atoms with Gasteiger partial charge in [0.05, 0.1) is 31.5 Å². The molecule has 1 aromatic carbocycles. The van der Waals surface area contributed by atoms with Crippen LogP contribution in [-0.4, -0.2) is 90.0 Å². The first kappa shape index (κ1) is 42.0. The number of cyclic esters (lactones) is 1. The van der Waals surface area contributed by atoms with Crippen LogP contribution in [-0.2, 0) is 47.7 Å². The van der Waals surface area contributed by atoms with E-state index in [-0.39, 0.29) is 61.5 Å². The maximum atomic E-state index is 13.8. The summed E-state index contributed by atoms with van der Waals surface area (Å²) in [6.45, 7) is 5.26. The van der Waals surface area contributed by atoms with Gasteiger partial charge in [0.1, 0.15) is 28.4 Å². The highest BCUT2D eigenvalue weighted by atomic mass is 16.6. The third-order valence-electron chi connectivity index (χ3n) is 12.2. The molecule has 2 bridgehead atoms. The zero-order valence-electron chi connectivity index (χ0n) is 33.4. The molecule has 58 heavy (non-hydrogen) atoms. The van der Waals surface area contributed by atoms with Crippen molar-refractivity contribution in [3.63, 3.8) is 0 Å². The quantitative estimate of drug-likeness (QED) is 0.0637. The first-order valence-corrected chi connectivity index (χ1v) is 19.9. The number of benzene rings is 1. The lowest BCUT2D eigenvalue weighted by molar-refractivity contribution is -0.235. The lowest BCUT2D eigenvalue weighted by Gasteiger charge is -2.54. The molecular weight excluding hydrogens is 752 g/mol. The summed E-state index contributed by atoms with van der Waals surface area (Å²) in [5.74, 6) is -4.40. The molecule has 4 amide bonds. The molecule has 1 saturated carbocycles. The van der Waals surface area contributed by atoms with Crippen molar-refractivity contribution in [2.24, 2.45) is 11.3 Å².